The second kappa shape index (κ2) is 20.8. The van der Waals surface area contributed by atoms with E-state index in [2.05, 4.69) is 40.1 Å². The monoisotopic (exact) mass is 729 g/mol. The minimum atomic E-state index is -1.63. The Bertz CT molecular complexity index is 1730. The van der Waals surface area contributed by atoms with Gasteiger partial charge >= 0.3 is 11.9 Å². The van der Waals surface area contributed by atoms with Gasteiger partial charge in [-0.05, 0) is 35.4 Å². The number of ether oxygens (including phenoxy) is 1. The highest BCUT2D eigenvalue weighted by Gasteiger charge is 2.27. The summed E-state index contributed by atoms with van der Waals surface area (Å²) >= 11 is 11.9. The van der Waals surface area contributed by atoms with Crippen molar-refractivity contribution < 1.29 is 38.6 Å². The molecule has 2 atom stereocenters. The number of carbonyl (C=O) groups excluding carboxylic acids is 5. The van der Waals surface area contributed by atoms with E-state index in [0.717, 1.165) is 5.39 Å². The molecule has 17 heteroatoms. The quantitative estimate of drug-likeness (QED) is 0.0327. The van der Waals surface area contributed by atoms with Crippen molar-refractivity contribution in [2.45, 2.75) is 51.6 Å². The first-order chi connectivity index (χ1) is 23.8. The molecule has 266 valence electrons. The molecule has 0 spiro atoms. The van der Waals surface area contributed by atoms with Gasteiger partial charge in [0.25, 0.3) is 5.91 Å². The Labute approximate surface area is 297 Å². The molecule has 15 nitrogen and oxygen atoms in total. The van der Waals surface area contributed by atoms with E-state index in [9.17, 15) is 33.9 Å². The number of carboxylic acid groups (broad SMARTS) is 1. The highest BCUT2D eigenvalue weighted by Crippen LogP contribution is 2.25. The third-order valence-electron chi connectivity index (χ3n) is 6.54. The van der Waals surface area contributed by atoms with Gasteiger partial charge in [-0.15, -0.1) is 5.11 Å². The second-order valence-electron chi connectivity index (χ2n) is 10.5. The number of ketones is 1. The average Bonchev–Trinajstić information content (AvgIpc) is 3.07. The number of carboxylic acids is 1. The van der Waals surface area contributed by atoms with E-state index in [-0.39, 0.29) is 39.8 Å². The summed E-state index contributed by atoms with van der Waals surface area (Å²) in [5.74, 6) is -1.11. The Morgan fingerprint density at radius 2 is 1.54 bits per heavy atom. The van der Waals surface area contributed by atoms with Crippen LogP contribution in [0.4, 0.5) is 0 Å². The molecule has 3 aromatic carbocycles. The fourth-order valence-electron chi connectivity index (χ4n) is 4.29. The highest BCUT2D eigenvalue weighted by atomic mass is 35.5. The molecule has 0 aromatic heterocycles. The van der Waals surface area contributed by atoms with E-state index < -0.39 is 67.1 Å². The maximum Gasteiger partial charge on any atom is 0.341 e. The molecule has 0 heterocycles. The number of benzene rings is 3. The molecule has 0 bridgehead atoms. The zero-order valence-electron chi connectivity index (χ0n) is 27.2. The first-order valence-electron chi connectivity index (χ1n) is 15.2. The van der Waals surface area contributed by atoms with Crippen molar-refractivity contribution in [3.63, 3.8) is 0 Å². The molecule has 0 radical (unpaired) electrons. The van der Waals surface area contributed by atoms with Crippen LogP contribution in [0.25, 0.3) is 10.8 Å². The fourth-order valence-corrected chi connectivity index (χ4v) is 4.84. The Hall–Kier alpha value is -5.41. The number of halogens is 2. The highest BCUT2D eigenvalue weighted by molar-refractivity contribution is 6.39. The zero-order valence-corrected chi connectivity index (χ0v) is 28.7. The van der Waals surface area contributed by atoms with Crippen LogP contribution in [0.5, 0.6) is 0 Å². The molecule has 3 aromatic rings. The lowest BCUT2D eigenvalue weighted by molar-refractivity contribution is -0.140. The lowest BCUT2D eigenvalue weighted by Crippen LogP contribution is -2.51. The van der Waals surface area contributed by atoms with Gasteiger partial charge in [0.15, 0.2) is 12.4 Å². The fraction of sp³-hybridized carbons (Fsp3) is 0.303. The van der Waals surface area contributed by atoms with Gasteiger partial charge < -0.3 is 31.6 Å². The number of nitrogens with zero attached hydrogens (tertiary/aromatic N) is 2. The van der Waals surface area contributed by atoms with E-state index in [1.807, 2.05) is 12.1 Å². The van der Waals surface area contributed by atoms with Gasteiger partial charge in [0, 0.05) is 12.0 Å². The number of hydrogen-bond acceptors (Lipinski definition) is 9. The number of rotatable bonds is 15. The number of carbonyl (C=O) groups is 6. The summed E-state index contributed by atoms with van der Waals surface area (Å²) in [4.78, 5) is 75.5. The zero-order chi connectivity index (χ0) is 37.2. The first-order valence-corrected chi connectivity index (χ1v) is 16.0. The van der Waals surface area contributed by atoms with Crippen LogP contribution in [-0.4, -0.2) is 71.6 Å². The number of aliphatic carboxylic acids is 1. The number of nitrogens with two attached hydrogens (primary N) is 1. The van der Waals surface area contributed by atoms with Gasteiger partial charge in [0.05, 0.1) is 28.6 Å². The van der Waals surface area contributed by atoms with Gasteiger partial charge in [-0.3, -0.25) is 29.4 Å². The van der Waals surface area contributed by atoms with Gasteiger partial charge in [-0.2, -0.15) is 0 Å². The minimum absolute atomic E-state index is 0.0340. The minimum Gasteiger partial charge on any atom is -0.481 e. The third-order valence-corrected chi connectivity index (χ3v) is 7.17. The van der Waals surface area contributed by atoms with Crippen LogP contribution in [-0.2, 0) is 23.9 Å². The lowest BCUT2D eigenvalue weighted by atomic mass is 10.0. The Kier molecular flexibility index (Phi) is 17.0. The van der Waals surface area contributed by atoms with Crippen LogP contribution in [0.15, 0.2) is 71.0 Å². The van der Waals surface area contributed by atoms with E-state index in [4.69, 9.17) is 39.2 Å². The number of hydrogen-bond donors (Lipinski definition) is 6. The largest absolute Gasteiger partial charge is 0.481 e. The maximum atomic E-state index is 13.2. The lowest BCUT2D eigenvalue weighted by Gasteiger charge is -2.20. The van der Waals surface area contributed by atoms with Crippen molar-refractivity contribution in [1.29, 1.82) is 5.41 Å². The molecule has 0 saturated carbocycles. The molecule has 7 N–H and O–H groups in total. The smallest absolute Gasteiger partial charge is 0.341 e. The summed E-state index contributed by atoms with van der Waals surface area (Å²) in [6, 6.07) is 13.5. The van der Waals surface area contributed by atoms with E-state index in [1.54, 1.807) is 30.3 Å². The SMILES string of the molecule is CCC.N=C(CCC(NC(=O)c1cccc2ccccc12)C(=O)NCC(=O)NC(CC(=O)O)C(=O)COC(=O)c1c(Cl)cccc1Cl)N=NN. The number of amides is 3. The molecule has 3 amide bonds. The number of amidine groups is 1. The molecule has 0 fully saturated rings. The summed E-state index contributed by atoms with van der Waals surface area (Å²) in [6.45, 7) is 2.61. The molecule has 0 aliphatic carbocycles. The molecule has 3 rings (SSSR count). The van der Waals surface area contributed by atoms with E-state index >= 15 is 0 Å². The predicted octanol–water partition coefficient (Wildman–Crippen LogP) is 4.25. The summed E-state index contributed by atoms with van der Waals surface area (Å²) < 4.78 is 4.94. The van der Waals surface area contributed by atoms with Crippen LogP contribution in [0, 0.1) is 5.41 Å². The summed E-state index contributed by atoms with van der Waals surface area (Å²) in [7, 11) is 0. The molecular formula is C33H37Cl2N7O8. The molecule has 0 aliphatic rings. The topological polar surface area (TPSA) is 243 Å². The van der Waals surface area contributed by atoms with Crippen LogP contribution in [0.1, 0.15) is 60.2 Å². The van der Waals surface area contributed by atoms with Crippen molar-refractivity contribution >= 4 is 75.3 Å². The van der Waals surface area contributed by atoms with E-state index in [0.29, 0.717) is 5.39 Å². The van der Waals surface area contributed by atoms with Crippen molar-refractivity contribution in [2.75, 3.05) is 13.2 Å². The molecular weight excluding hydrogens is 693 g/mol. The third kappa shape index (κ3) is 12.9. The van der Waals surface area contributed by atoms with Gasteiger partial charge in [-0.25, -0.2) is 4.79 Å². The van der Waals surface area contributed by atoms with E-state index in [1.165, 1.54) is 24.6 Å². The van der Waals surface area contributed by atoms with Crippen molar-refractivity contribution in [3.8, 4) is 0 Å². The standard InChI is InChI=1S/C30H29Cl2N7O8.C3H8/c31-19-9-4-10-20(32)27(19)30(46)47-15-23(40)22(13-26(42)43)36-25(41)14-35-29(45)21(11-12-24(33)38-39-34)37-28(44)18-8-3-6-16-5-1-2-7-17(16)18;1-3-2/h1-10,21-22H,11-15H2,(H,35,45)(H,36,41)(H,37,44)(H,42,43)(H3,33,34,38);3H2,1-2H3. The Morgan fingerprint density at radius 3 is 2.18 bits per heavy atom. The average molecular weight is 731 g/mol. The maximum absolute atomic E-state index is 13.2. The van der Waals surface area contributed by atoms with Crippen molar-refractivity contribution in [2.24, 2.45) is 16.2 Å². The molecule has 0 saturated heterocycles. The number of fused-ring (bicyclic) bond motifs is 1. The van der Waals surface area contributed by atoms with Crippen LogP contribution >= 0.6 is 23.2 Å². The summed E-state index contributed by atoms with van der Waals surface area (Å²) in [5, 5.41) is 31.9. The van der Waals surface area contributed by atoms with Crippen LogP contribution in [0.2, 0.25) is 10.0 Å². The molecule has 2 unspecified atom stereocenters. The summed E-state index contributed by atoms with van der Waals surface area (Å²) in [5.41, 5.74) is 0.0800. The van der Waals surface area contributed by atoms with Crippen molar-refractivity contribution in [1.82, 2.24) is 16.0 Å². The van der Waals surface area contributed by atoms with Crippen LogP contribution < -0.4 is 21.8 Å². The molecule has 50 heavy (non-hydrogen) atoms. The molecule has 0 aliphatic heterocycles. The van der Waals surface area contributed by atoms with Gasteiger partial charge in [0.2, 0.25) is 11.8 Å². The van der Waals surface area contributed by atoms with Gasteiger partial charge in [0.1, 0.15) is 17.9 Å². The first kappa shape index (κ1) is 40.8. The number of esters is 1. The van der Waals surface area contributed by atoms with Gasteiger partial charge in [-0.1, -0.05) is 91.2 Å². The normalized spacial score (nSPS) is 11.8. The Morgan fingerprint density at radius 1 is 0.920 bits per heavy atom. The Balaban J connectivity index is 0.00000278. The van der Waals surface area contributed by atoms with Crippen LogP contribution in [0.3, 0.4) is 0 Å². The number of nitrogens with one attached hydrogen (secondary N) is 4. The second-order valence-corrected chi connectivity index (χ2v) is 11.3. The predicted molar refractivity (Wildman–Crippen MR) is 186 cm³/mol. The van der Waals surface area contributed by atoms with Crippen molar-refractivity contribution in [3.05, 3.63) is 81.8 Å². The number of Topliss-reactive ketones (excluding diaryl/α,β-unsaturated/α-hetero) is 1. The summed E-state index contributed by atoms with van der Waals surface area (Å²) in [6.07, 6.45) is 0.154.